The van der Waals surface area contributed by atoms with E-state index in [-0.39, 0.29) is 5.91 Å². The zero-order valence-corrected chi connectivity index (χ0v) is 19.4. The van der Waals surface area contributed by atoms with Crippen LogP contribution in [0.2, 0.25) is 0 Å². The number of aromatic nitrogens is 1. The Kier molecular flexibility index (Phi) is 6.51. The molecule has 0 spiro atoms. The summed E-state index contributed by atoms with van der Waals surface area (Å²) >= 11 is 0. The van der Waals surface area contributed by atoms with Crippen molar-refractivity contribution in [3.05, 3.63) is 77.1 Å². The number of benzene rings is 2. The largest absolute Gasteiger partial charge is 0.497 e. The summed E-state index contributed by atoms with van der Waals surface area (Å²) in [6.07, 6.45) is 0. The van der Waals surface area contributed by atoms with Crippen LogP contribution in [0.1, 0.15) is 27.3 Å². The van der Waals surface area contributed by atoms with Crippen LogP contribution in [0.5, 0.6) is 5.75 Å². The zero-order valence-electron chi connectivity index (χ0n) is 19.4. The molecule has 0 bridgehead atoms. The van der Waals surface area contributed by atoms with E-state index in [1.54, 1.807) is 7.11 Å². The molecule has 6 nitrogen and oxygen atoms in total. The average molecular weight is 433 g/mol. The Morgan fingerprint density at radius 1 is 1.00 bits per heavy atom. The van der Waals surface area contributed by atoms with Gasteiger partial charge in [0.15, 0.2) is 0 Å². The third kappa shape index (κ3) is 4.50. The van der Waals surface area contributed by atoms with Crippen molar-refractivity contribution in [2.24, 2.45) is 0 Å². The van der Waals surface area contributed by atoms with Crippen molar-refractivity contribution in [2.45, 2.75) is 20.4 Å². The minimum Gasteiger partial charge on any atom is -0.497 e. The minimum atomic E-state index is -0.0552. The molecule has 168 valence electrons. The molecule has 1 N–H and O–H groups in total. The third-order valence-corrected chi connectivity index (χ3v) is 6.26. The number of hydrogen-bond acceptors (Lipinski definition) is 4. The van der Waals surface area contributed by atoms with Crippen LogP contribution in [0.3, 0.4) is 0 Å². The van der Waals surface area contributed by atoms with Gasteiger partial charge in [-0.05, 0) is 50.7 Å². The van der Waals surface area contributed by atoms with Crippen LogP contribution in [-0.4, -0.2) is 55.7 Å². The topological polar surface area (TPSA) is 49.7 Å². The second-order valence-electron chi connectivity index (χ2n) is 8.42. The molecule has 3 aromatic rings. The second-order valence-corrected chi connectivity index (χ2v) is 8.42. The van der Waals surface area contributed by atoms with E-state index in [9.17, 15) is 4.79 Å². The molecule has 4 rings (SSSR count). The van der Waals surface area contributed by atoms with Gasteiger partial charge in [-0.2, -0.15) is 0 Å². The van der Waals surface area contributed by atoms with Gasteiger partial charge in [-0.25, -0.2) is 0 Å². The fraction of sp³-hybridized carbons (Fsp3) is 0.346. The van der Waals surface area contributed by atoms with Crippen LogP contribution in [0, 0.1) is 13.8 Å². The molecule has 0 atom stereocenters. The number of hydrogen-bond donors (Lipinski definition) is 1. The van der Waals surface area contributed by atoms with E-state index in [2.05, 4.69) is 44.9 Å². The van der Waals surface area contributed by atoms with Gasteiger partial charge in [-0.3, -0.25) is 4.79 Å². The molecule has 2 aromatic carbocycles. The Bertz CT molecular complexity index is 1100. The minimum absolute atomic E-state index is 0.0552. The van der Waals surface area contributed by atoms with Crippen molar-refractivity contribution in [1.82, 2.24) is 14.8 Å². The van der Waals surface area contributed by atoms with Crippen molar-refractivity contribution < 1.29 is 9.53 Å². The highest BCUT2D eigenvalue weighted by Gasteiger charge is 2.19. The van der Waals surface area contributed by atoms with Crippen LogP contribution in [0.4, 0.5) is 5.69 Å². The van der Waals surface area contributed by atoms with E-state index in [0.29, 0.717) is 12.1 Å². The molecule has 1 amide bonds. The Hall–Kier alpha value is -3.25. The van der Waals surface area contributed by atoms with E-state index in [1.807, 2.05) is 50.2 Å². The van der Waals surface area contributed by atoms with Crippen LogP contribution < -0.4 is 15.0 Å². The number of amides is 1. The predicted molar refractivity (Wildman–Crippen MR) is 129 cm³/mol. The first-order chi connectivity index (χ1) is 15.5. The number of piperazine rings is 1. The van der Waals surface area contributed by atoms with Crippen molar-refractivity contribution >= 4 is 11.6 Å². The fourth-order valence-corrected chi connectivity index (χ4v) is 4.43. The van der Waals surface area contributed by atoms with Crippen molar-refractivity contribution in [1.29, 1.82) is 0 Å². The molecule has 1 aromatic heterocycles. The number of nitrogens with one attached hydrogen (secondary N) is 1. The summed E-state index contributed by atoms with van der Waals surface area (Å²) in [7, 11) is 3.82. The van der Waals surface area contributed by atoms with E-state index in [0.717, 1.165) is 54.6 Å². The molecule has 0 aliphatic carbocycles. The molecule has 1 aliphatic heterocycles. The molecule has 32 heavy (non-hydrogen) atoms. The molecule has 0 unspecified atom stereocenters. The fourth-order valence-electron chi connectivity index (χ4n) is 4.43. The number of carbonyl (C=O) groups is 1. The molecule has 2 heterocycles. The van der Waals surface area contributed by atoms with Crippen LogP contribution in [-0.2, 0) is 6.54 Å². The summed E-state index contributed by atoms with van der Waals surface area (Å²) in [5.41, 5.74) is 5.97. The molecule has 0 radical (unpaired) electrons. The average Bonchev–Trinajstić information content (AvgIpc) is 3.12. The molecular weight excluding hydrogens is 400 g/mol. The third-order valence-electron chi connectivity index (χ3n) is 6.26. The highest BCUT2D eigenvalue weighted by atomic mass is 16.5. The molecular formula is C26H32N4O2. The number of anilines is 1. The maximum absolute atomic E-state index is 13.1. The Balaban J connectivity index is 1.51. The van der Waals surface area contributed by atoms with Gasteiger partial charge in [0.25, 0.3) is 5.91 Å². The number of rotatable bonds is 6. The van der Waals surface area contributed by atoms with E-state index in [4.69, 9.17) is 4.74 Å². The van der Waals surface area contributed by atoms with Gasteiger partial charge in [0.05, 0.1) is 12.7 Å². The molecule has 1 saturated heterocycles. The van der Waals surface area contributed by atoms with Crippen molar-refractivity contribution in [3.63, 3.8) is 0 Å². The molecule has 0 saturated carbocycles. The smallest absolute Gasteiger partial charge is 0.253 e. The standard InChI is InChI=1S/C26H32N4O2/c1-19-16-24(20(2)30(19)22-9-7-10-23(17-22)32-4)26(31)27-18-21-8-5-6-11-25(21)29-14-12-28(3)13-15-29/h5-11,16-17H,12-15,18H2,1-4H3,(H,27,31). The number of aryl methyl sites for hydroxylation is 1. The maximum atomic E-state index is 13.1. The normalized spacial score (nSPS) is 14.4. The van der Waals surface area contributed by atoms with Crippen LogP contribution in [0.25, 0.3) is 5.69 Å². The quantitative estimate of drug-likeness (QED) is 0.644. The lowest BCUT2D eigenvalue weighted by Gasteiger charge is -2.35. The van der Waals surface area contributed by atoms with Gasteiger partial charge < -0.3 is 24.4 Å². The lowest BCUT2D eigenvalue weighted by Crippen LogP contribution is -2.45. The van der Waals surface area contributed by atoms with Gasteiger partial charge >= 0.3 is 0 Å². The van der Waals surface area contributed by atoms with Gasteiger partial charge in [-0.15, -0.1) is 0 Å². The first kappa shape index (κ1) is 22.0. The Morgan fingerprint density at radius 2 is 1.75 bits per heavy atom. The molecule has 6 heteroatoms. The lowest BCUT2D eigenvalue weighted by atomic mass is 10.1. The van der Waals surface area contributed by atoms with Gasteiger partial charge in [-0.1, -0.05) is 24.3 Å². The number of nitrogens with zero attached hydrogens (tertiary/aromatic N) is 3. The van der Waals surface area contributed by atoms with Gasteiger partial charge in [0, 0.05) is 61.6 Å². The monoisotopic (exact) mass is 432 g/mol. The van der Waals surface area contributed by atoms with Gasteiger partial charge in [0.1, 0.15) is 5.75 Å². The number of methoxy groups -OCH3 is 1. The first-order valence-corrected chi connectivity index (χ1v) is 11.1. The van der Waals surface area contributed by atoms with Gasteiger partial charge in [0.2, 0.25) is 0 Å². The maximum Gasteiger partial charge on any atom is 0.253 e. The Morgan fingerprint density at radius 3 is 2.50 bits per heavy atom. The lowest BCUT2D eigenvalue weighted by molar-refractivity contribution is 0.0950. The van der Waals surface area contributed by atoms with Crippen LogP contribution in [0.15, 0.2) is 54.6 Å². The number of para-hydroxylation sites is 1. The molecule has 1 aliphatic rings. The summed E-state index contributed by atoms with van der Waals surface area (Å²) in [5.74, 6) is 0.738. The Labute approximate surface area is 190 Å². The SMILES string of the molecule is COc1cccc(-n2c(C)cc(C(=O)NCc3ccccc3N3CCN(C)CC3)c2C)c1. The number of likely N-dealkylation sites (N-methyl/N-ethyl adjacent to an activating group) is 1. The zero-order chi connectivity index (χ0) is 22.7. The van der Waals surface area contributed by atoms with Crippen molar-refractivity contribution in [2.75, 3.05) is 45.2 Å². The van der Waals surface area contributed by atoms with E-state index < -0.39 is 0 Å². The van der Waals surface area contributed by atoms with E-state index >= 15 is 0 Å². The van der Waals surface area contributed by atoms with Crippen LogP contribution >= 0.6 is 0 Å². The summed E-state index contributed by atoms with van der Waals surface area (Å²) < 4.78 is 7.46. The summed E-state index contributed by atoms with van der Waals surface area (Å²) in [5, 5.41) is 3.14. The summed E-state index contributed by atoms with van der Waals surface area (Å²) in [6, 6.07) is 18.2. The number of ether oxygens (including phenoxy) is 1. The van der Waals surface area contributed by atoms with E-state index in [1.165, 1.54) is 5.69 Å². The predicted octanol–water partition coefficient (Wildman–Crippen LogP) is 3.78. The number of carbonyl (C=O) groups excluding carboxylic acids is 1. The highest BCUT2D eigenvalue weighted by Crippen LogP contribution is 2.25. The second kappa shape index (κ2) is 9.49. The first-order valence-electron chi connectivity index (χ1n) is 11.1. The highest BCUT2D eigenvalue weighted by molar-refractivity contribution is 5.96. The van der Waals surface area contributed by atoms with Crippen molar-refractivity contribution in [3.8, 4) is 11.4 Å². The summed E-state index contributed by atoms with van der Waals surface area (Å²) in [4.78, 5) is 17.9. The summed E-state index contributed by atoms with van der Waals surface area (Å²) in [6.45, 7) is 8.62. The molecule has 1 fully saturated rings.